The van der Waals surface area contributed by atoms with E-state index in [4.69, 9.17) is 0 Å². The zero-order valence-electron chi connectivity index (χ0n) is 11.3. The van der Waals surface area contributed by atoms with Gasteiger partial charge in [0.05, 0.1) is 0 Å². The van der Waals surface area contributed by atoms with Crippen LogP contribution in [0.3, 0.4) is 0 Å². The molecule has 0 amide bonds. The highest BCUT2D eigenvalue weighted by Gasteiger charge is 2.22. The second-order valence-electron chi connectivity index (χ2n) is 4.28. The average molecular weight is 315 g/mol. The van der Waals surface area contributed by atoms with Crippen LogP contribution in [0.4, 0.5) is 0 Å². The third-order valence-corrected chi connectivity index (χ3v) is 5.64. The molecule has 7 nitrogen and oxygen atoms in total. The van der Waals surface area contributed by atoms with Gasteiger partial charge in [-0.15, -0.1) is 11.3 Å². The number of hydrogen-bond acceptors (Lipinski definition) is 6. The van der Waals surface area contributed by atoms with Gasteiger partial charge in [-0.2, -0.15) is 5.10 Å². The second-order valence-corrected chi connectivity index (χ2v) is 6.95. The molecular formula is C11H17N5O2S2. The molecule has 110 valence electrons. The number of rotatable bonds is 7. The first-order valence-electron chi connectivity index (χ1n) is 6.10. The molecule has 0 aromatic carbocycles. The first-order valence-corrected chi connectivity index (χ1v) is 8.46. The maximum atomic E-state index is 12.4. The Morgan fingerprint density at radius 1 is 1.45 bits per heavy atom. The second kappa shape index (κ2) is 6.44. The van der Waals surface area contributed by atoms with E-state index >= 15 is 0 Å². The predicted molar refractivity (Wildman–Crippen MR) is 77.1 cm³/mol. The number of hydrogen-bond donors (Lipinski definition) is 3. The largest absolute Gasteiger partial charge is 0.315 e. The average Bonchev–Trinajstić information content (AvgIpc) is 3.00. The van der Waals surface area contributed by atoms with Crippen LogP contribution >= 0.6 is 11.3 Å². The van der Waals surface area contributed by atoms with Crippen molar-refractivity contribution < 1.29 is 8.42 Å². The van der Waals surface area contributed by atoms with Gasteiger partial charge < -0.3 is 5.32 Å². The van der Waals surface area contributed by atoms with Crippen molar-refractivity contribution in [2.24, 2.45) is 0 Å². The van der Waals surface area contributed by atoms with E-state index in [0.29, 0.717) is 23.7 Å². The van der Waals surface area contributed by atoms with Crippen LogP contribution in [0, 0.1) is 6.92 Å². The van der Waals surface area contributed by atoms with Gasteiger partial charge in [0.15, 0.2) is 0 Å². The van der Waals surface area contributed by atoms with E-state index in [1.165, 1.54) is 17.7 Å². The van der Waals surface area contributed by atoms with Crippen LogP contribution in [0.2, 0.25) is 0 Å². The Labute approximate surface area is 121 Å². The SMILES string of the molecule is CNCc1scc(C)c1S(=O)(=O)NCCc1ncn[nH]1. The maximum Gasteiger partial charge on any atom is 0.241 e. The number of nitrogens with one attached hydrogen (secondary N) is 3. The number of aromatic nitrogens is 3. The molecular weight excluding hydrogens is 298 g/mol. The highest BCUT2D eigenvalue weighted by atomic mass is 32.2. The Bertz CT molecular complexity index is 648. The van der Waals surface area contributed by atoms with Crippen molar-refractivity contribution in [3.8, 4) is 0 Å². The molecule has 3 N–H and O–H groups in total. The molecule has 0 aliphatic heterocycles. The van der Waals surface area contributed by atoms with E-state index < -0.39 is 10.0 Å². The van der Waals surface area contributed by atoms with Gasteiger partial charge in [0.25, 0.3) is 0 Å². The van der Waals surface area contributed by atoms with Crippen molar-refractivity contribution >= 4 is 21.4 Å². The lowest BCUT2D eigenvalue weighted by atomic mass is 10.3. The first-order chi connectivity index (χ1) is 9.54. The highest BCUT2D eigenvalue weighted by molar-refractivity contribution is 7.89. The minimum atomic E-state index is -3.50. The summed E-state index contributed by atoms with van der Waals surface area (Å²) < 4.78 is 27.3. The zero-order chi connectivity index (χ0) is 14.6. The molecule has 0 bridgehead atoms. The Morgan fingerprint density at radius 2 is 2.25 bits per heavy atom. The van der Waals surface area contributed by atoms with Gasteiger partial charge >= 0.3 is 0 Å². The summed E-state index contributed by atoms with van der Waals surface area (Å²) in [5, 5.41) is 11.3. The molecule has 20 heavy (non-hydrogen) atoms. The number of aryl methyl sites for hydroxylation is 1. The van der Waals surface area contributed by atoms with E-state index in [1.807, 2.05) is 5.38 Å². The number of aromatic amines is 1. The van der Waals surface area contributed by atoms with Crippen LogP contribution in [-0.2, 0) is 23.0 Å². The predicted octanol–water partition coefficient (Wildman–Crippen LogP) is 0.415. The molecule has 0 radical (unpaired) electrons. The molecule has 0 saturated carbocycles. The van der Waals surface area contributed by atoms with Gasteiger partial charge in [0.2, 0.25) is 10.0 Å². The van der Waals surface area contributed by atoms with E-state index in [0.717, 1.165) is 10.4 Å². The van der Waals surface area contributed by atoms with Gasteiger partial charge in [-0.25, -0.2) is 18.1 Å². The molecule has 2 aromatic heterocycles. The number of nitrogens with zero attached hydrogens (tertiary/aromatic N) is 2. The van der Waals surface area contributed by atoms with Gasteiger partial charge in [0, 0.05) is 24.4 Å². The molecule has 2 rings (SSSR count). The van der Waals surface area contributed by atoms with Crippen molar-refractivity contribution in [1.82, 2.24) is 25.2 Å². The fraction of sp³-hybridized carbons (Fsp3) is 0.455. The lowest BCUT2D eigenvalue weighted by Crippen LogP contribution is -2.27. The van der Waals surface area contributed by atoms with E-state index in [-0.39, 0.29) is 6.54 Å². The lowest BCUT2D eigenvalue weighted by molar-refractivity contribution is 0.579. The van der Waals surface area contributed by atoms with Crippen LogP contribution in [-0.4, -0.2) is 37.2 Å². The summed E-state index contributed by atoms with van der Waals surface area (Å²) >= 11 is 1.45. The summed E-state index contributed by atoms with van der Waals surface area (Å²) in [7, 11) is -1.70. The normalized spacial score (nSPS) is 11.9. The Balaban J connectivity index is 2.08. The molecule has 0 spiro atoms. The van der Waals surface area contributed by atoms with Crippen LogP contribution in [0.25, 0.3) is 0 Å². The summed E-state index contributed by atoms with van der Waals surface area (Å²) in [6.07, 6.45) is 1.88. The molecule has 2 aromatic rings. The summed E-state index contributed by atoms with van der Waals surface area (Å²) in [4.78, 5) is 5.15. The standard InChI is InChI=1S/C11H17N5O2S2/c1-8-6-19-9(5-12-2)11(8)20(17,18)15-4-3-10-13-7-14-16-10/h6-7,12,15H,3-5H2,1-2H3,(H,13,14,16). The third kappa shape index (κ3) is 3.42. The first kappa shape index (κ1) is 15.1. The van der Waals surface area contributed by atoms with Gasteiger partial charge in [-0.05, 0) is 24.9 Å². The van der Waals surface area contributed by atoms with Crippen LogP contribution in [0.15, 0.2) is 16.6 Å². The Hall–Kier alpha value is -1.29. The van der Waals surface area contributed by atoms with Gasteiger partial charge in [-0.3, -0.25) is 5.10 Å². The van der Waals surface area contributed by atoms with Crippen LogP contribution in [0.5, 0.6) is 0 Å². The molecule has 9 heteroatoms. The summed E-state index contributed by atoms with van der Waals surface area (Å²) in [5.41, 5.74) is 0.771. The van der Waals surface area contributed by atoms with Crippen molar-refractivity contribution in [3.05, 3.63) is 28.0 Å². The minimum Gasteiger partial charge on any atom is -0.315 e. The van der Waals surface area contributed by atoms with Crippen molar-refractivity contribution in [2.45, 2.75) is 24.8 Å². The summed E-state index contributed by atoms with van der Waals surface area (Å²) in [5.74, 6) is 0.658. The summed E-state index contributed by atoms with van der Waals surface area (Å²) in [6.45, 7) is 2.63. The lowest BCUT2D eigenvalue weighted by Gasteiger charge is -2.08. The molecule has 0 saturated heterocycles. The van der Waals surface area contributed by atoms with Crippen LogP contribution in [0.1, 0.15) is 16.3 Å². The summed E-state index contributed by atoms with van der Waals surface area (Å²) in [6, 6.07) is 0. The monoisotopic (exact) mass is 315 g/mol. The highest BCUT2D eigenvalue weighted by Crippen LogP contribution is 2.26. The zero-order valence-corrected chi connectivity index (χ0v) is 12.9. The molecule has 0 aliphatic rings. The fourth-order valence-electron chi connectivity index (χ4n) is 1.86. The number of sulfonamides is 1. The van der Waals surface area contributed by atoms with E-state index in [9.17, 15) is 8.42 Å². The number of thiophene rings is 1. The molecule has 0 unspecified atom stereocenters. The minimum absolute atomic E-state index is 0.284. The molecule has 0 aliphatic carbocycles. The van der Waals surface area contributed by atoms with Crippen LogP contribution < -0.4 is 10.0 Å². The molecule has 0 fully saturated rings. The van der Waals surface area contributed by atoms with E-state index in [1.54, 1.807) is 14.0 Å². The topological polar surface area (TPSA) is 99.8 Å². The fourth-order valence-corrected chi connectivity index (χ4v) is 4.71. The maximum absolute atomic E-state index is 12.4. The van der Waals surface area contributed by atoms with Crippen molar-refractivity contribution in [2.75, 3.05) is 13.6 Å². The Kier molecular flexibility index (Phi) is 4.86. The third-order valence-electron chi connectivity index (χ3n) is 2.71. The van der Waals surface area contributed by atoms with Crippen molar-refractivity contribution in [1.29, 1.82) is 0 Å². The quantitative estimate of drug-likeness (QED) is 0.687. The smallest absolute Gasteiger partial charge is 0.241 e. The molecule has 0 atom stereocenters. The van der Waals surface area contributed by atoms with Gasteiger partial charge in [-0.1, -0.05) is 0 Å². The van der Waals surface area contributed by atoms with Crippen molar-refractivity contribution in [3.63, 3.8) is 0 Å². The van der Waals surface area contributed by atoms with E-state index in [2.05, 4.69) is 25.2 Å². The van der Waals surface area contributed by atoms with Gasteiger partial charge in [0.1, 0.15) is 17.0 Å². The molecule has 2 heterocycles. The Morgan fingerprint density at radius 3 is 2.90 bits per heavy atom. The number of H-pyrrole nitrogens is 1.